The molecule has 4 aromatic rings. The lowest BCUT2D eigenvalue weighted by Gasteiger charge is -2.16. The number of ether oxygens (including phenoxy) is 2. The van der Waals surface area contributed by atoms with E-state index in [-0.39, 0.29) is 18.1 Å². The number of rotatable bonds is 9. The minimum Gasteiger partial charge on any atom is -0.465 e. The first-order valence-corrected chi connectivity index (χ1v) is 12.1. The molecule has 0 aliphatic heterocycles. The van der Waals surface area contributed by atoms with Crippen LogP contribution in [0, 0.1) is 13.8 Å². The van der Waals surface area contributed by atoms with Crippen LogP contribution in [0.25, 0.3) is 16.6 Å². The van der Waals surface area contributed by atoms with Gasteiger partial charge in [-0.25, -0.2) is 9.59 Å². The van der Waals surface area contributed by atoms with Gasteiger partial charge in [0.25, 0.3) is 0 Å². The Balaban J connectivity index is 1.47. The molecule has 0 saturated heterocycles. The molecule has 9 nitrogen and oxygen atoms in total. The molecule has 196 valence electrons. The molecule has 2 aromatic carbocycles. The molecule has 1 atom stereocenters. The van der Waals surface area contributed by atoms with Gasteiger partial charge >= 0.3 is 11.9 Å². The number of Topliss-reactive ketones (excluding diaryl/α,β-unsaturated/α-hetero) is 1. The number of benzene rings is 2. The predicted molar refractivity (Wildman–Crippen MR) is 141 cm³/mol. The molecule has 4 rings (SSSR count). The highest BCUT2D eigenvalue weighted by Gasteiger charge is 2.25. The number of aromatic nitrogens is 2. The number of hydrogen-bond donors (Lipinski definition) is 2. The maximum absolute atomic E-state index is 13.0. The van der Waals surface area contributed by atoms with Gasteiger partial charge in [0.1, 0.15) is 6.04 Å². The van der Waals surface area contributed by atoms with E-state index < -0.39 is 24.6 Å². The van der Waals surface area contributed by atoms with Crippen LogP contribution in [-0.4, -0.2) is 52.9 Å². The molecule has 2 heterocycles. The van der Waals surface area contributed by atoms with Gasteiger partial charge in [-0.05, 0) is 55.8 Å². The third-order valence-electron chi connectivity index (χ3n) is 6.38. The van der Waals surface area contributed by atoms with Crippen LogP contribution in [0.1, 0.15) is 44.6 Å². The molecular formula is C29H29N3O6. The van der Waals surface area contributed by atoms with Crippen molar-refractivity contribution >= 4 is 34.5 Å². The molecule has 0 aliphatic rings. The zero-order chi connectivity index (χ0) is 27.4. The fourth-order valence-corrected chi connectivity index (χ4v) is 4.58. The van der Waals surface area contributed by atoms with E-state index in [0.717, 1.165) is 27.8 Å². The molecule has 0 spiro atoms. The summed E-state index contributed by atoms with van der Waals surface area (Å²) in [5.74, 6) is -1.86. The maximum atomic E-state index is 13.0. The number of hydrogen-bond acceptors (Lipinski definition) is 6. The minimum absolute atomic E-state index is 0.215. The van der Waals surface area contributed by atoms with Gasteiger partial charge in [-0.1, -0.05) is 18.2 Å². The molecule has 9 heteroatoms. The first-order chi connectivity index (χ1) is 18.2. The number of H-pyrrole nitrogens is 1. The van der Waals surface area contributed by atoms with Crippen molar-refractivity contribution in [3.63, 3.8) is 0 Å². The van der Waals surface area contributed by atoms with E-state index in [9.17, 15) is 19.2 Å². The van der Waals surface area contributed by atoms with Gasteiger partial charge in [0, 0.05) is 53.1 Å². The number of para-hydroxylation sites is 1. The quantitative estimate of drug-likeness (QED) is 0.258. The molecule has 2 N–H and O–H groups in total. The summed E-state index contributed by atoms with van der Waals surface area (Å²) in [6, 6.07) is 15.3. The maximum Gasteiger partial charge on any atom is 0.337 e. The summed E-state index contributed by atoms with van der Waals surface area (Å²) in [5, 5.41) is 3.58. The highest BCUT2D eigenvalue weighted by Crippen LogP contribution is 2.23. The average Bonchev–Trinajstić information content (AvgIpc) is 3.45. The third-order valence-corrected chi connectivity index (χ3v) is 6.38. The number of carbonyl (C=O) groups excluding carboxylic acids is 4. The molecule has 0 fully saturated rings. The van der Waals surface area contributed by atoms with Gasteiger partial charge < -0.3 is 24.3 Å². The number of nitrogens with one attached hydrogen (secondary N) is 2. The van der Waals surface area contributed by atoms with Crippen molar-refractivity contribution in [2.24, 2.45) is 0 Å². The number of aromatic amines is 1. The molecule has 0 bridgehead atoms. The van der Waals surface area contributed by atoms with E-state index in [1.807, 2.05) is 35.8 Å². The van der Waals surface area contributed by atoms with Crippen LogP contribution in [0.4, 0.5) is 0 Å². The fourth-order valence-electron chi connectivity index (χ4n) is 4.58. The van der Waals surface area contributed by atoms with Crippen molar-refractivity contribution < 1.29 is 28.7 Å². The van der Waals surface area contributed by atoms with Crippen LogP contribution in [0.2, 0.25) is 0 Å². The topological polar surface area (TPSA) is 119 Å². The zero-order valence-electron chi connectivity index (χ0n) is 21.7. The van der Waals surface area contributed by atoms with Gasteiger partial charge in [0.2, 0.25) is 11.7 Å². The second kappa shape index (κ2) is 11.2. The summed E-state index contributed by atoms with van der Waals surface area (Å²) in [7, 11) is 1.32. The first kappa shape index (κ1) is 26.4. The van der Waals surface area contributed by atoms with E-state index in [4.69, 9.17) is 9.47 Å². The second-order valence-electron chi connectivity index (χ2n) is 9.01. The van der Waals surface area contributed by atoms with Crippen LogP contribution in [0.15, 0.2) is 60.8 Å². The average molecular weight is 516 g/mol. The summed E-state index contributed by atoms with van der Waals surface area (Å²) >= 11 is 0. The monoisotopic (exact) mass is 515 g/mol. The number of amides is 1. The lowest BCUT2D eigenvalue weighted by Crippen LogP contribution is -2.42. The Bertz CT molecular complexity index is 1510. The summed E-state index contributed by atoms with van der Waals surface area (Å²) in [6.07, 6.45) is 2.01. The Morgan fingerprint density at radius 1 is 1.03 bits per heavy atom. The molecule has 0 saturated carbocycles. The largest absolute Gasteiger partial charge is 0.465 e. The highest BCUT2D eigenvalue weighted by molar-refractivity contribution is 6.00. The van der Waals surface area contributed by atoms with Crippen molar-refractivity contribution in [2.45, 2.75) is 33.2 Å². The first-order valence-electron chi connectivity index (χ1n) is 12.1. The second-order valence-corrected chi connectivity index (χ2v) is 9.01. The van der Waals surface area contributed by atoms with Crippen molar-refractivity contribution in [1.82, 2.24) is 14.9 Å². The Kier molecular flexibility index (Phi) is 7.76. The van der Waals surface area contributed by atoms with Crippen molar-refractivity contribution in [3.05, 3.63) is 88.9 Å². The number of fused-ring (bicyclic) bond motifs is 1. The number of ketones is 1. The van der Waals surface area contributed by atoms with Gasteiger partial charge in [-0.2, -0.15) is 0 Å². The van der Waals surface area contributed by atoms with E-state index in [1.54, 1.807) is 43.5 Å². The summed E-state index contributed by atoms with van der Waals surface area (Å²) < 4.78 is 12.0. The van der Waals surface area contributed by atoms with E-state index >= 15 is 0 Å². The summed E-state index contributed by atoms with van der Waals surface area (Å²) in [6.45, 7) is 4.52. The van der Waals surface area contributed by atoms with Gasteiger partial charge in [-0.3, -0.25) is 9.59 Å². The van der Waals surface area contributed by atoms with Crippen molar-refractivity contribution in [3.8, 4) is 5.69 Å². The van der Waals surface area contributed by atoms with E-state index in [1.165, 1.54) is 14.0 Å². The number of esters is 2. The predicted octanol–water partition coefficient (Wildman–Crippen LogP) is 3.84. The standard InChI is InChI=1S/C29H29N3O6/c1-17-13-24(18(2)32(17)22-11-9-20(10-12-22)28(35)37-4)27(34)16-38-29(36)26(31-19(3)33)14-21-15-30-25-8-6-5-7-23(21)25/h5-13,15,26,30H,14,16H2,1-4H3,(H,31,33)/t26-/m0/s1. The van der Waals surface area contributed by atoms with Crippen LogP contribution in [0.5, 0.6) is 0 Å². The van der Waals surface area contributed by atoms with Gasteiger partial charge in [-0.15, -0.1) is 0 Å². The normalized spacial score (nSPS) is 11.7. The van der Waals surface area contributed by atoms with Crippen molar-refractivity contribution in [2.75, 3.05) is 13.7 Å². The molecule has 2 aromatic heterocycles. The number of carbonyl (C=O) groups is 4. The summed E-state index contributed by atoms with van der Waals surface area (Å²) in [4.78, 5) is 52.6. The molecule has 0 aliphatic carbocycles. The molecule has 38 heavy (non-hydrogen) atoms. The molecule has 0 unspecified atom stereocenters. The summed E-state index contributed by atoms with van der Waals surface area (Å²) in [5.41, 5.74) is 4.86. The van der Waals surface area contributed by atoms with E-state index in [2.05, 4.69) is 10.3 Å². The Morgan fingerprint density at radius 2 is 1.74 bits per heavy atom. The third kappa shape index (κ3) is 5.51. The van der Waals surface area contributed by atoms with E-state index in [0.29, 0.717) is 16.8 Å². The molecule has 0 radical (unpaired) electrons. The van der Waals surface area contributed by atoms with Gasteiger partial charge in [0.15, 0.2) is 6.61 Å². The van der Waals surface area contributed by atoms with Crippen LogP contribution in [-0.2, 0) is 25.5 Å². The Labute approximate surface area is 219 Å². The SMILES string of the molecule is COC(=O)c1ccc(-n2c(C)cc(C(=O)COC(=O)[C@H](Cc3c[nH]c4ccccc34)NC(C)=O)c2C)cc1. The number of methoxy groups -OCH3 is 1. The highest BCUT2D eigenvalue weighted by atomic mass is 16.5. The smallest absolute Gasteiger partial charge is 0.337 e. The van der Waals surface area contributed by atoms with Crippen molar-refractivity contribution in [1.29, 1.82) is 0 Å². The number of aryl methyl sites for hydroxylation is 1. The molecule has 1 amide bonds. The number of nitrogens with zero attached hydrogens (tertiary/aromatic N) is 1. The Hall–Kier alpha value is -4.66. The van der Waals surface area contributed by atoms with Crippen LogP contribution < -0.4 is 5.32 Å². The Morgan fingerprint density at radius 3 is 2.42 bits per heavy atom. The van der Waals surface area contributed by atoms with Crippen LogP contribution >= 0.6 is 0 Å². The molecular weight excluding hydrogens is 486 g/mol. The van der Waals surface area contributed by atoms with Crippen LogP contribution in [0.3, 0.4) is 0 Å². The minimum atomic E-state index is -0.944. The lowest BCUT2D eigenvalue weighted by atomic mass is 10.0. The fraction of sp³-hybridized carbons (Fsp3) is 0.241. The lowest BCUT2D eigenvalue weighted by molar-refractivity contribution is -0.146. The van der Waals surface area contributed by atoms with Gasteiger partial charge in [0.05, 0.1) is 12.7 Å². The zero-order valence-corrected chi connectivity index (χ0v) is 21.7.